The Morgan fingerprint density at radius 2 is 1.94 bits per heavy atom. The molecule has 0 aromatic rings. The summed E-state index contributed by atoms with van der Waals surface area (Å²) < 4.78 is 0. The van der Waals surface area contributed by atoms with Gasteiger partial charge in [0.1, 0.15) is 0 Å². The van der Waals surface area contributed by atoms with Crippen LogP contribution in [0.25, 0.3) is 0 Å². The van der Waals surface area contributed by atoms with Crippen molar-refractivity contribution in [3.63, 3.8) is 0 Å². The first-order valence-corrected chi connectivity index (χ1v) is 7.66. The zero-order valence-electron chi connectivity index (χ0n) is 12.5. The van der Waals surface area contributed by atoms with Crippen LogP contribution in [0.3, 0.4) is 0 Å². The van der Waals surface area contributed by atoms with E-state index < -0.39 is 0 Å². The van der Waals surface area contributed by atoms with Crippen molar-refractivity contribution >= 4 is 0 Å². The summed E-state index contributed by atoms with van der Waals surface area (Å²) >= 11 is 0. The van der Waals surface area contributed by atoms with Crippen molar-refractivity contribution in [2.45, 2.75) is 58.0 Å². The summed E-state index contributed by atoms with van der Waals surface area (Å²) in [5.74, 6) is 0. The standard InChI is InChI=1S/C15H31N3/c1-15(2)7-6-13(16)14(12-15)17(3)10-11-18-8-4-5-9-18/h13-14H,4-12,16H2,1-3H3. The van der Waals surface area contributed by atoms with Gasteiger partial charge >= 0.3 is 0 Å². The van der Waals surface area contributed by atoms with E-state index in [1.54, 1.807) is 0 Å². The van der Waals surface area contributed by atoms with E-state index >= 15 is 0 Å². The molecule has 18 heavy (non-hydrogen) atoms. The van der Waals surface area contributed by atoms with E-state index in [0.717, 1.165) is 0 Å². The van der Waals surface area contributed by atoms with Crippen molar-refractivity contribution in [1.82, 2.24) is 9.80 Å². The molecule has 106 valence electrons. The van der Waals surface area contributed by atoms with Crippen LogP contribution >= 0.6 is 0 Å². The van der Waals surface area contributed by atoms with Crippen molar-refractivity contribution in [2.24, 2.45) is 11.1 Å². The molecule has 2 aliphatic rings. The van der Waals surface area contributed by atoms with E-state index in [0.29, 0.717) is 17.5 Å². The van der Waals surface area contributed by atoms with Crippen molar-refractivity contribution in [3.8, 4) is 0 Å². The largest absolute Gasteiger partial charge is 0.326 e. The lowest BCUT2D eigenvalue weighted by atomic mass is 9.73. The predicted octanol–water partition coefficient (Wildman–Crippen LogP) is 1.92. The number of likely N-dealkylation sites (N-methyl/N-ethyl adjacent to an activating group) is 1. The van der Waals surface area contributed by atoms with Crippen LogP contribution in [0.1, 0.15) is 46.0 Å². The predicted molar refractivity (Wildman–Crippen MR) is 77.7 cm³/mol. The lowest BCUT2D eigenvalue weighted by Crippen LogP contribution is -2.52. The van der Waals surface area contributed by atoms with E-state index in [4.69, 9.17) is 5.73 Å². The quantitative estimate of drug-likeness (QED) is 0.831. The van der Waals surface area contributed by atoms with Crippen molar-refractivity contribution in [2.75, 3.05) is 33.2 Å². The molecule has 0 bridgehead atoms. The van der Waals surface area contributed by atoms with Gasteiger partial charge in [0.25, 0.3) is 0 Å². The van der Waals surface area contributed by atoms with Gasteiger partial charge in [-0.05, 0) is 57.7 Å². The molecule has 2 fully saturated rings. The van der Waals surface area contributed by atoms with E-state index in [1.165, 1.54) is 58.3 Å². The molecule has 0 aromatic carbocycles. The van der Waals surface area contributed by atoms with Crippen LogP contribution in [-0.4, -0.2) is 55.1 Å². The highest BCUT2D eigenvalue weighted by Crippen LogP contribution is 2.36. The van der Waals surface area contributed by atoms with Crippen LogP contribution < -0.4 is 5.73 Å². The third kappa shape index (κ3) is 3.69. The van der Waals surface area contributed by atoms with Gasteiger partial charge in [0, 0.05) is 25.2 Å². The molecule has 0 spiro atoms. The molecule has 1 saturated carbocycles. The summed E-state index contributed by atoms with van der Waals surface area (Å²) in [4.78, 5) is 5.11. The number of hydrogen-bond donors (Lipinski definition) is 1. The van der Waals surface area contributed by atoms with Gasteiger partial charge in [0.2, 0.25) is 0 Å². The van der Waals surface area contributed by atoms with E-state index in [9.17, 15) is 0 Å². The molecular weight excluding hydrogens is 222 g/mol. The summed E-state index contributed by atoms with van der Waals surface area (Å²) in [5.41, 5.74) is 6.80. The second-order valence-corrected chi connectivity index (χ2v) is 7.17. The van der Waals surface area contributed by atoms with E-state index in [2.05, 4.69) is 30.7 Å². The Morgan fingerprint density at radius 3 is 2.61 bits per heavy atom. The van der Waals surface area contributed by atoms with Gasteiger partial charge in [-0.2, -0.15) is 0 Å². The maximum absolute atomic E-state index is 6.33. The van der Waals surface area contributed by atoms with Gasteiger partial charge in [0.15, 0.2) is 0 Å². The summed E-state index contributed by atoms with van der Waals surface area (Å²) in [6.45, 7) is 9.78. The minimum atomic E-state index is 0.376. The van der Waals surface area contributed by atoms with Crippen molar-refractivity contribution < 1.29 is 0 Å². The lowest BCUT2D eigenvalue weighted by molar-refractivity contribution is 0.0896. The average molecular weight is 253 g/mol. The second kappa shape index (κ2) is 5.89. The Hall–Kier alpha value is -0.120. The SMILES string of the molecule is CN(CCN1CCCC1)C1CC(C)(C)CCC1N. The fourth-order valence-corrected chi connectivity index (χ4v) is 3.52. The summed E-state index contributed by atoms with van der Waals surface area (Å²) in [7, 11) is 2.27. The van der Waals surface area contributed by atoms with Crippen LogP contribution in [0.2, 0.25) is 0 Å². The fourth-order valence-electron chi connectivity index (χ4n) is 3.52. The number of nitrogens with two attached hydrogens (primary N) is 1. The summed E-state index contributed by atoms with van der Waals surface area (Å²) in [6.07, 6.45) is 6.50. The van der Waals surface area contributed by atoms with Gasteiger partial charge in [-0.15, -0.1) is 0 Å². The van der Waals surface area contributed by atoms with Gasteiger partial charge in [-0.1, -0.05) is 13.8 Å². The molecule has 2 unspecified atom stereocenters. The summed E-state index contributed by atoms with van der Waals surface area (Å²) in [6, 6.07) is 0.956. The number of rotatable bonds is 4. The smallest absolute Gasteiger partial charge is 0.0249 e. The zero-order valence-corrected chi connectivity index (χ0v) is 12.5. The van der Waals surface area contributed by atoms with Gasteiger partial charge in [-0.3, -0.25) is 0 Å². The van der Waals surface area contributed by atoms with Crippen LogP contribution in [0.4, 0.5) is 0 Å². The maximum Gasteiger partial charge on any atom is 0.0249 e. The van der Waals surface area contributed by atoms with Crippen LogP contribution in [0, 0.1) is 5.41 Å². The zero-order chi connectivity index (χ0) is 13.2. The third-order valence-electron chi connectivity index (χ3n) is 4.94. The highest BCUT2D eigenvalue weighted by molar-refractivity contribution is 4.92. The van der Waals surface area contributed by atoms with E-state index in [-0.39, 0.29) is 0 Å². The Kier molecular flexibility index (Phi) is 4.68. The summed E-state index contributed by atoms with van der Waals surface area (Å²) in [5, 5.41) is 0. The highest BCUT2D eigenvalue weighted by Gasteiger charge is 2.35. The molecular formula is C15H31N3. The first-order valence-electron chi connectivity index (χ1n) is 7.66. The normalized spacial score (nSPS) is 33.2. The van der Waals surface area contributed by atoms with Crippen molar-refractivity contribution in [3.05, 3.63) is 0 Å². The molecule has 3 heteroatoms. The molecule has 1 aliphatic carbocycles. The van der Waals surface area contributed by atoms with Crippen LogP contribution in [0.15, 0.2) is 0 Å². The van der Waals surface area contributed by atoms with E-state index in [1.807, 2.05) is 0 Å². The third-order valence-corrected chi connectivity index (χ3v) is 4.94. The van der Waals surface area contributed by atoms with Crippen LogP contribution in [-0.2, 0) is 0 Å². The molecule has 2 N–H and O–H groups in total. The lowest BCUT2D eigenvalue weighted by Gasteiger charge is -2.43. The minimum absolute atomic E-state index is 0.376. The van der Waals surface area contributed by atoms with Crippen LogP contribution in [0.5, 0.6) is 0 Å². The molecule has 2 rings (SSSR count). The molecule has 1 saturated heterocycles. The number of hydrogen-bond acceptors (Lipinski definition) is 3. The Bertz CT molecular complexity index is 258. The Balaban J connectivity index is 1.80. The number of likely N-dealkylation sites (tertiary alicyclic amines) is 1. The second-order valence-electron chi connectivity index (χ2n) is 7.17. The molecule has 0 radical (unpaired) electrons. The first-order chi connectivity index (χ1) is 8.48. The fraction of sp³-hybridized carbons (Fsp3) is 1.00. The van der Waals surface area contributed by atoms with Gasteiger partial charge in [0.05, 0.1) is 0 Å². The van der Waals surface area contributed by atoms with Crippen molar-refractivity contribution in [1.29, 1.82) is 0 Å². The average Bonchev–Trinajstić information content (AvgIpc) is 2.82. The molecule has 1 heterocycles. The molecule has 0 amide bonds. The Labute approximate surface area is 113 Å². The van der Waals surface area contributed by atoms with Gasteiger partial charge in [-0.25, -0.2) is 0 Å². The molecule has 3 nitrogen and oxygen atoms in total. The minimum Gasteiger partial charge on any atom is -0.326 e. The monoisotopic (exact) mass is 253 g/mol. The first kappa shape index (κ1) is 14.3. The molecule has 1 aliphatic heterocycles. The molecule has 2 atom stereocenters. The number of nitrogens with zero attached hydrogens (tertiary/aromatic N) is 2. The Morgan fingerprint density at radius 1 is 1.28 bits per heavy atom. The molecule has 0 aromatic heterocycles. The highest BCUT2D eigenvalue weighted by atomic mass is 15.2. The topological polar surface area (TPSA) is 32.5 Å². The van der Waals surface area contributed by atoms with Gasteiger partial charge < -0.3 is 15.5 Å². The maximum atomic E-state index is 6.33.